The third kappa shape index (κ3) is 4.26. The van der Waals surface area contributed by atoms with Crippen LogP contribution in [0.25, 0.3) is 0 Å². The molecule has 0 radical (unpaired) electrons. The van der Waals surface area contributed by atoms with Gasteiger partial charge in [-0.25, -0.2) is 0 Å². The van der Waals surface area contributed by atoms with Crippen molar-refractivity contribution in [1.29, 1.82) is 0 Å². The highest BCUT2D eigenvalue weighted by Gasteiger charge is 2.24. The molecule has 1 atom stereocenters. The molecule has 0 amide bonds. The van der Waals surface area contributed by atoms with Crippen LogP contribution in [0.15, 0.2) is 0 Å². The molecule has 2 rings (SSSR count). The molecule has 2 nitrogen and oxygen atoms in total. The molecule has 1 N–H and O–H groups in total. The van der Waals surface area contributed by atoms with E-state index in [1.807, 2.05) is 0 Å². The summed E-state index contributed by atoms with van der Waals surface area (Å²) in [6.07, 6.45) is 7.15. The summed E-state index contributed by atoms with van der Waals surface area (Å²) in [5, 5.41) is 3.45. The molecule has 0 aromatic carbocycles. The fourth-order valence-corrected chi connectivity index (χ4v) is 3.38. The maximum atomic E-state index is 3.45. The van der Waals surface area contributed by atoms with E-state index in [9.17, 15) is 0 Å². The molecule has 0 saturated carbocycles. The number of piperidine rings is 1. The molecule has 2 aliphatic heterocycles. The van der Waals surface area contributed by atoms with E-state index in [0.29, 0.717) is 0 Å². The van der Waals surface area contributed by atoms with Gasteiger partial charge in [0, 0.05) is 6.54 Å². The third-order valence-electron chi connectivity index (χ3n) is 4.80. The summed E-state index contributed by atoms with van der Waals surface area (Å²) >= 11 is 0. The lowest BCUT2D eigenvalue weighted by molar-refractivity contribution is 0.275. The van der Waals surface area contributed by atoms with Crippen molar-refractivity contribution in [3.63, 3.8) is 0 Å². The summed E-state index contributed by atoms with van der Waals surface area (Å²) in [6.45, 7) is 11.3. The van der Waals surface area contributed by atoms with Gasteiger partial charge in [0.2, 0.25) is 0 Å². The van der Waals surface area contributed by atoms with Gasteiger partial charge in [-0.15, -0.1) is 0 Å². The molecule has 1 unspecified atom stereocenters. The van der Waals surface area contributed by atoms with Crippen LogP contribution in [-0.4, -0.2) is 37.6 Å². The Morgan fingerprint density at radius 3 is 2.59 bits per heavy atom. The molecule has 0 aromatic rings. The Morgan fingerprint density at radius 2 is 1.94 bits per heavy atom. The molecule has 0 aliphatic carbocycles. The second-order valence-corrected chi connectivity index (χ2v) is 6.43. The second kappa shape index (κ2) is 6.75. The van der Waals surface area contributed by atoms with Gasteiger partial charge < -0.3 is 10.2 Å². The van der Waals surface area contributed by atoms with Gasteiger partial charge >= 0.3 is 0 Å². The van der Waals surface area contributed by atoms with Crippen molar-refractivity contribution in [3.8, 4) is 0 Å². The first-order chi connectivity index (χ1) is 8.25. The second-order valence-electron chi connectivity index (χ2n) is 6.43. The van der Waals surface area contributed by atoms with Crippen LogP contribution in [0.3, 0.4) is 0 Å². The van der Waals surface area contributed by atoms with Gasteiger partial charge in [-0.3, -0.25) is 0 Å². The largest absolute Gasteiger partial charge is 0.317 e. The SMILES string of the molecule is CC(C)C1CCN(CCCC2CCNCC2)C1. The summed E-state index contributed by atoms with van der Waals surface area (Å²) < 4.78 is 0. The van der Waals surface area contributed by atoms with Gasteiger partial charge in [0.25, 0.3) is 0 Å². The van der Waals surface area contributed by atoms with E-state index in [4.69, 9.17) is 0 Å². The molecule has 100 valence electrons. The minimum atomic E-state index is 0.879. The number of hydrogen-bond donors (Lipinski definition) is 1. The van der Waals surface area contributed by atoms with Gasteiger partial charge in [0.1, 0.15) is 0 Å². The number of likely N-dealkylation sites (tertiary alicyclic amines) is 1. The predicted molar refractivity (Wildman–Crippen MR) is 74.2 cm³/mol. The molecule has 2 fully saturated rings. The van der Waals surface area contributed by atoms with Crippen LogP contribution in [0, 0.1) is 17.8 Å². The lowest BCUT2D eigenvalue weighted by atomic mass is 9.93. The molecular weight excluding hydrogens is 208 g/mol. The van der Waals surface area contributed by atoms with Gasteiger partial charge in [-0.2, -0.15) is 0 Å². The number of nitrogens with zero attached hydrogens (tertiary/aromatic N) is 1. The average Bonchev–Trinajstić information content (AvgIpc) is 2.79. The summed E-state index contributed by atoms with van der Waals surface area (Å²) in [7, 11) is 0. The van der Waals surface area contributed by atoms with E-state index >= 15 is 0 Å². The fourth-order valence-electron chi connectivity index (χ4n) is 3.38. The van der Waals surface area contributed by atoms with Gasteiger partial charge in [0.05, 0.1) is 0 Å². The summed E-state index contributed by atoms with van der Waals surface area (Å²) in [5.74, 6) is 2.86. The molecule has 0 spiro atoms. The molecule has 2 saturated heterocycles. The van der Waals surface area contributed by atoms with E-state index in [2.05, 4.69) is 24.1 Å². The molecule has 0 bridgehead atoms. The number of hydrogen-bond acceptors (Lipinski definition) is 2. The zero-order chi connectivity index (χ0) is 12.1. The first-order valence-electron chi connectivity index (χ1n) is 7.69. The minimum absolute atomic E-state index is 0.879. The number of nitrogens with one attached hydrogen (secondary N) is 1. The average molecular weight is 238 g/mol. The van der Waals surface area contributed by atoms with E-state index < -0.39 is 0 Å². The zero-order valence-corrected chi connectivity index (χ0v) is 11.8. The molecular formula is C15H30N2. The van der Waals surface area contributed by atoms with Crippen molar-refractivity contribution in [2.45, 2.75) is 46.0 Å². The highest BCUT2D eigenvalue weighted by Crippen LogP contribution is 2.24. The Morgan fingerprint density at radius 1 is 1.18 bits per heavy atom. The van der Waals surface area contributed by atoms with Crippen molar-refractivity contribution in [1.82, 2.24) is 10.2 Å². The quantitative estimate of drug-likeness (QED) is 0.792. The first kappa shape index (κ1) is 13.4. The number of rotatable bonds is 5. The van der Waals surface area contributed by atoms with Crippen LogP contribution in [0.5, 0.6) is 0 Å². The Labute approximate surface area is 107 Å². The topological polar surface area (TPSA) is 15.3 Å². The Balaban J connectivity index is 1.56. The first-order valence-corrected chi connectivity index (χ1v) is 7.69. The van der Waals surface area contributed by atoms with Crippen molar-refractivity contribution in [3.05, 3.63) is 0 Å². The smallest absolute Gasteiger partial charge is 0.00126 e. The molecule has 2 aliphatic rings. The molecule has 2 heteroatoms. The zero-order valence-electron chi connectivity index (χ0n) is 11.8. The van der Waals surface area contributed by atoms with Gasteiger partial charge in [-0.1, -0.05) is 13.8 Å². The molecule has 2 heterocycles. The summed E-state index contributed by atoms with van der Waals surface area (Å²) in [4.78, 5) is 2.70. The summed E-state index contributed by atoms with van der Waals surface area (Å²) in [6, 6.07) is 0. The van der Waals surface area contributed by atoms with Crippen molar-refractivity contribution in [2.75, 3.05) is 32.7 Å². The highest BCUT2D eigenvalue weighted by molar-refractivity contribution is 4.78. The van der Waals surface area contributed by atoms with Gasteiger partial charge in [-0.05, 0) is 76.0 Å². The normalized spacial score (nSPS) is 28.1. The third-order valence-corrected chi connectivity index (χ3v) is 4.80. The Kier molecular flexibility index (Phi) is 5.30. The van der Waals surface area contributed by atoms with E-state index in [0.717, 1.165) is 17.8 Å². The predicted octanol–water partition coefficient (Wildman–Crippen LogP) is 2.74. The van der Waals surface area contributed by atoms with Crippen LogP contribution in [0.1, 0.15) is 46.0 Å². The molecule has 17 heavy (non-hydrogen) atoms. The monoisotopic (exact) mass is 238 g/mol. The summed E-state index contributed by atoms with van der Waals surface area (Å²) in [5.41, 5.74) is 0. The van der Waals surface area contributed by atoms with E-state index in [1.165, 1.54) is 64.8 Å². The van der Waals surface area contributed by atoms with Crippen molar-refractivity contribution < 1.29 is 0 Å². The van der Waals surface area contributed by atoms with Crippen LogP contribution >= 0.6 is 0 Å². The van der Waals surface area contributed by atoms with E-state index in [-0.39, 0.29) is 0 Å². The highest BCUT2D eigenvalue weighted by atomic mass is 15.1. The Hall–Kier alpha value is -0.0800. The maximum Gasteiger partial charge on any atom is 0.00126 e. The van der Waals surface area contributed by atoms with Gasteiger partial charge in [0.15, 0.2) is 0 Å². The van der Waals surface area contributed by atoms with E-state index in [1.54, 1.807) is 0 Å². The van der Waals surface area contributed by atoms with Crippen molar-refractivity contribution >= 4 is 0 Å². The fraction of sp³-hybridized carbons (Fsp3) is 1.00. The standard InChI is InChI=1S/C15H30N2/c1-13(2)15-7-11-17(12-15)10-3-4-14-5-8-16-9-6-14/h13-16H,3-12H2,1-2H3. The minimum Gasteiger partial charge on any atom is -0.317 e. The van der Waals surface area contributed by atoms with Crippen LogP contribution in [0.4, 0.5) is 0 Å². The van der Waals surface area contributed by atoms with Crippen LogP contribution in [-0.2, 0) is 0 Å². The lowest BCUT2D eigenvalue weighted by Crippen LogP contribution is -2.28. The Bertz CT molecular complexity index is 209. The molecule has 0 aromatic heterocycles. The lowest BCUT2D eigenvalue weighted by Gasteiger charge is -2.24. The van der Waals surface area contributed by atoms with Crippen LogP contribution in [0.2, 0.25) is 0 Å². The maximum absolute atomic E-state index is 3.45. The van der Waals surface area contributed by atoms with Crippen molar-refractivity contribution in [2.24, 2.45) is 17.8 Å². The van der Waals surface area contributed by atoms with Crippen LogP contribution < -0.4 is 5.32 Å².